The maximum absolute atomic E-state index is 4.02. The van der Waals surface area contributed by atoms with E-state index in [0.29, 0.717) is 5.25 Å². The van der Waals surface area contributed by atoms with Gasteiger partial charge in [0.05, 0.1) is 5.25 Å². The van der Waals surface area contributed by atoms with E-state index in [9.17, 15) is 0 Å². The molecule has 0 spiro atoms. The Kier molecular flexibility index (Phi) is 17.2. The van der Waals surface area contributed by atoms with Crippen molar-refractivity contribution in [1.29, 1.82) is 0 Å². The van der Waals surface area contributed by atoms with E-state index >= 15 is 0 Å². The van der Waals surface area contributed by atoms with Crippen molar-refractivity contribution in [3.63, 3.8) is 0 Å². The molecule has 2 nitrogen and oxygen atoms in total. The third kappa shape index (κ3) is 10.6. The number of hydrogen-bond acceptors (Lipinski definition) is 3. The van der Waals surface area contributed by atoms with Crippen LogP contribution in [0.3, 0.4) is 0 Å². The Hall–Kier alpha value is -1.29. The van der Waals surface area contributed by atoms with Crippen LogP contribution in [0.25, 0.3) is 0 Å². The van der Waals surface area contributed by atoms with Crippen LogP contribution >= 0.6 is 11.8 Å². The van der Waals surface area contributed by atoms with E-state index < -0.39 is 0 Å². The van der Waals surface area contributed by atoms with Gasteiger partial charge in [0, 0.05) is 38.5 Å². The summed E-state index contributed by atoms with van der Waals surface area (Å²) in [6.07, 6.45) is 8.35. The van der Waals surface area contributed by atoms with Crippen molar-refractivity contribution in [2.45, 2.75) is 39.9 Å². The van der Waals surface area contributed by atoms with Crippen molar-refractivity contribution in [3.05, 3.63) is 72.4 Å². The van der Waals surface area contributed by atoms with Gasteiger partial charge in [-0.15, -0.1) is 11.8 Å². The van der Waals surface area contributed by atoms with Crippen LogP contribution in [0.15, 0.2) is 66.8 Å². The molecule has 0 saturated carbocycles. The summed E-state index contributed by atoms with van der Waals surface area (Å²) in [7, 11) is 0. The molecule has 1 aliphatic heterocycles. The number of hydrogen-bond donors (Lipinski definition) is 1. The molecule has 0 amide bonds. The summed E-state index contributed by atoms with van der Waals surface area (Å²) in [5.41, 5.74) is 2.63. The molecule has 27 heavy (non-hydrogen) atoms. The Balaban J connectivity index is 0.00000158. The topological polar surface area (TPSA) is 15.3 Å². The molecule has 3 heteroatoms. The van der Waals surface area contributed by atoms with E-state index in [0.717, 1.165) is 25.4 Å². The lowest BCUT2D eigenvalue weighted by Gasteiger charge is -2.28. The zero-order chi connectivity index (χ0) is 20.3. The third-order valence-corrected chi connectivity index (χ3v) is 5.32. The van der Waals surface area contributed by atoms with Crippen molar-refractivity contribution in [2.75, 3.05) is 38.5 Å². The first-order valence-corrected chi connectivity index (χ1v) is 11.4. The lowest BCUT2D eigenvalue weighted by Crippen LogP contribution is -2.44. The fraction of sp³-hybridized carbons (Fsp3) is 0.500. The highest BCUT2D eigenvalue weighted by Gasteiger charge is 2.16. The molecule has 1 fully saturated rings. The lowest BCUT2D eigenvalue weighted by atomic mass is 10.0. The fourth-order valence-corrected chi connectivity index (χ4v) is 4.03. The van der Waals surface area contributed by atoms with Gasteiger partial charge in [0.2, 0.25) is 0 Å². The van der Waals surface area contributed by atoms with E-state index in [-0.39, 0.29) is 0 Å². The first-order valence-electron chi connectivity index (χ1n) is 10.4. The van der Waals surface area contributed by atoms with Gasteiger partial charge in [0.15, 0.2) is 0 Å². The lowest BCUT2D eigenvalue weighted by molar-refractivity contribution is 0.255. The fourth-order valence-electron chi connectivity index (χ4n) is 2.72. The molecule has 1 atom stereocenters. The van der Waals surface area contributed by atoms with Gasteiger partial charge >= 0.3 is 0 Å². The van der Waals surface area contributed by atoms with Crippen molar-refractivity contribution >= 4 is 11.8 Å². The Labute approximate surface area is 172 Å². The van der Waals surface area contributed by atoms with Gasteiger partial charge in [0.25, 0.3) is 0 Å². The summed E-state index contributed by atoms with van der Waals surface area (Å²) in [6.45, 7) is 19.8. The van der Waals surface area contributed by atoms with E-state index in [1.165, 1.54) is 24.2 Å². The second-order valence-electron chi connectivity index (χ2n) is 5.65. The molecule has 0 bridgehead atoms. The molecule has 1 saturated heterocycles. The number of nitrogens with zero attached hydrogens (tertiary/aromatic N) is 1. The SMILES string of the molecule is C=C/C(=C\C=C/C)C(SCCN1CCNCC1)c1ccccc1.CC.CC. The smallest absolute Gasteiger partial charge is 0.0546 e. The van der Waals surface area contributed by atoms with Crippen LogP contribution in [0, 0.1) is 0 Å². The Bertz CT molecular complexity index is 516. The number of allylic oxidation sites excluding steroid dienone is 4. The molecule has 1 N–H and O–H groups in total. The minimum absolute atomic E-state index is 0.354. The van der Waals surface area contributed by atoms with Crippen LogP contribution in [-0.2, 0) is 0 Å². The average molecular weight is 389 g/mol. The van der Waals surface area contributed by atoms with E-state index in [4.69, 9.17) is 0 Å². The molecule has 0 aromatic heterocycles. The molecule has 1 unspecified atom stereocenters. The predicted octanol–water partition coefficient (Wildman–Crippen LogP) is 6.11. The third-order valence-electron chi connectivity index (χ3n) is 4.02. The molecule has 1 heterocycles. The van der Waals surface area contributed by atoms with Gasteiger partial charge in [-0.05, 0) is 18.1 Å². The summed E-state index contributed by atoms with van der Waals surface area (Å²) in [5.74, 6) is 1.14. The normalized spacial score (nSPS) is 16.0. The summed E-state index contributed by atoms with van der Waals surface area (Å²) in [4.78, 5) is 2.55. The van der Waals surface area contributed by atoms with Crippen LogP contribution in [0.4, 0.5) is 0 Å². The number of nitrogens with one attached hydrogen (secondary N) is 1. The van der Waals surface area contributed by atoms with Gasteiger partial charge < -0.3 is 5.32 Å². The molecule has 0 aliphatic carbocycles. The van der Waals surface area contributed by atoms with Crippen molar-refractivity contribution in [3.8, 4) is 0 Å². The van der Waals surface area contributed by atoms with Gasteiger partial charge in [-0.2, -0.15) is 0 Å². The number of benzene rings is 1. The summed E-state index contributed by atoms with van der Waals surface area (Å²) >= 11 is 2.02. The zero-order valence-electron chi connectivity index (χ0n) is 18.1. The quantitative estimate of drug-likeness (QED) is 0.541. The highest BCUT2D eigenvalue weighted by atomic mass is 32.2. The van der Waals surface area contributed by atoms with Gasteiger partial charge in [-0.3, -0.25) is 4.90 Å². The van der Waals surface area contributed by atoms with E-state index in [1.54, 1.807) is 0 Å². The molecular formula is C24H40N2S. The first kappa shape index (κ1) is 25.7. The standard InChI is InChI=1S/C20H28N2S.2C2H6/c1-3-5-9-18(4-2)20(19-10-7-6-8-11-19)23-17-16-22-14-12-21-13-15-22;2*1-2/h3-11,20-21H,2,12-17H2,1H3;2*1-2H3/b5-3-,18-9+;;. The maximum Gasteiger partial charge on any atom is 0.0546 e. The summed E-state index contributed by atoms with van der Waals surface area (Å²) < 4.78 is 0. The molecular weight excluding hydrogens is 348 g/mol. The van der Waals surface area contributed by atoms with Crippen molar-refractivity contribution in [1.82, 2.24) is 10.2 Å². The molecule has 1 aromatic rings. The average Bonchev–Trinajstić information content (AvgIpc) is 2.77. The van der Waals surface area contributed by atoms with Crippen LogP contribution in [0.1, 0.15) is 45.4 Å². The largest absolute Gasteiger partial charge is 0.314 e. The van der Waals surface area contributed by atoms with Crippen LogP contribution < -0.4 is 5.32 Å². The Morgan fingerprint density at radius 2 is 1.78 bits per heavy atom. The zero-order valence-corrected chi connectivity index (χ0v) is 18.9. The predicted molar refractivity (Wildman–Crippen MR) is 127 cm³/mol. The van der Waals surface area contributed by atoms with Crippen molar-refractivity contribution in [2.24, 2.45) is 0 Å². The molecule has 1 aromatic carbocycles. The monoisotopic (exact) mass is 388 g/mol. The van der Waals surface area contributed by atoms with E-state index in [1.807, 2.05) is 52.5 Å². The Morgan fingerprint density at radius 3 is 2.33 bits per heavy atom. The minimum atomic E-state index is 0.354. The Morgan fingerprint density at radius 1 is 1.15 bits per heavy atom. The highest BCUT2D eigenvalue weighted by Crippen LogP contribution is 2.36. The second kappa shape index (κ2) is 18.1. The highest BCUT2D eigenvalue weighted by molar-refractivity contribution is 7.99. The maximum atomic E-state index is 4.02. The minimum Gasteiger partial charge on any atom is -0.314 e. The van der Waals surface area contributed by atoms with Gasteiger partial charge in [-0.1, -0.05) is 88.9 Å². The van der Waals surface area contributed by atoms with E-state index in [2.05, 4.69) is 65.4 Å². The summed E-state index contributed by atoms with van der Waals surface area (Å²) in [6, 6.07) is 10.8. The molecule has 152 valence electrons. The van der Waals surface area contributed by atoms with Gasteiger partial charge in [-0.25, -0.2) is 0 Å². The summed E-state index contributed by atoms with van der Waals surface area (Å²) in [5, 5.41) is 3.77. The number of piperazine rings is 1. The molecule has 1 aliphatic rings. The molecule has 0 radical (unpaired) electrons. The van der Waals surface area contributed by atoms with Gasteiger partial charge in [0.1, 0.15) is 0 Å². The molecule has 2 rings (SSSR count). The second-order valence-corrected chi connectivity index (χ2v) is 6.86. The first-order chi connectivity index (χ1) is 13.3. The van der Waals surface area contributed by atoms with Crippen LogP contribution in [-0.4, -0.2) is 43.4 Å². The van der Waals surface area contributed by atoms with Crippen LogP contribution in [0.5, 0.6) is 0 Å². The van der Waals surface area contributed by atoms with Crippen LogP contribution in [0.2, 0.25) is 0 Å². The van der Waals surface area contributed by atoms with Crippen molar-refractivity contribution < 1.29 is 0 Å². The number of thioether (sulfide) groups is 1. The number of rotatable bonds is 8.